The standard InChI is InChI=1S/C27H33N3O6S/c1-19(2)36-22-4-6-23(7-5-22)37(33,34)30-10-9-20(16-30)25-17-29(18-27(31)32)26-15-21(3-8-24(25)26)28-11-13-35-14-12-28/h3-8,15,17,19-20H,9-14,16,18H2,1-2H3,(H,31,32). The molecule has 0 radical (unpaired) electrons. The summed E-state index contributed by atoms with van der Waals surface area (Å²) in [5, 5.41) is 10.5. The summed E-state index contributed by atoms with van der Waals surface area (Å²) in [6.07, 6.45) is 2.57. The van der Waals surface area contributed by atoms with Gasteiger partial charge < -0.3 is 24.0 Å². The summed E-state index contributed by atoms with van der Waals surface area (Å²) < 4.78 is 41.1. The number of aromatic nitrogens is 1. The van der Waals surface area contributed by atoms with Crippen LogP contribution >= 0.6 is 0 Å². The van der Waals surface area contributed by atoms with Crippen molar-refractivity contribution in [3.63, 3.8) is 0 Å². The van der Waals surface area contributed by atoms with Gasteiger partial charge in [0.1, 0.15) is 12.3 Å². The summed E-state index contributed by atoms with van der Waals surface area (Å²) in [6.45, 7) is 7.37. The van der Waals surface area contributed by atoms with Crippen molar-refractivity contribution in [3.8, 4) is 5.75 Å². The van der Waals surface area contributed by atoms with E-state index in [9.17, 15) is 18.3 Å². The van der Waals surface area contributed by atoms with Crippen molar-refractivity contribution in [2.45, 2.75) is 43.7 Å². The molecule has 5 rings (SSSR count). The number of hydrogen-bond donors (Lipinski definition) is 1. The van der Waals surface area contributed by atoms with E-state index in [2.05, 4.69) is 11.0 Å². The molecule has 0 amide bonds. The van der Waals surface area contributed by atoms with Gasteiger partial charge in [0.25, 0.3) is 0 Å². The van der Waals surface area contributed by atoms with Crippen LogP contribution in [0.5, 0.6) is 5.75 Å². The van der Waals surface area contributed by atoms with E-state index in [1.807, 2.05) is 32.2 Å². The number of nitrogens with zero attached hydrogens (tertiary/aromatic N) is 3. The lowest BCUT2D eigenvalue weighted by molar-refractivity contribution is -0.137. The van der Waals surface area contributed by atoms with Crippen molar-refractivity contribution in [1.82, 2.24) is 8.87 Å². The average molecular weight is 528 g/mol. The molecule has 1 atom stereocenters. The van der Waals surface area contributed by atoms with Crippen LogP contribution in [0.1, 0.15) is 31.7 Å². The molecule has 1 unspecified atom stereocenters. The number of anilines is 1. The third-order valence-corrected chi connectivity index (χ3v) is 8.88. The first-order valence-corrected chi connectivity index (χ1v) is 14.1. The van der Waals surface area contributed by atoms with E-state index in [0.717, 1.165) is 35.2 Å². The van der Waals surface area contributed by atoms with Gasteiger partial charge in [0, 0.05) is 49.4 Å². The first-order valence-electron chi connectivity index (χ1n) is 12.7. The minimum atomic E-state index is -3.65. The maximum absolute atomic E-state index is 13.4. The molecule has 1 aromatic heterocycles. The lowest BCUT2D eigenvalue weighted by Crippen LogP contribution is -2.36. The van der Waals surface area contributed by atoms with Crippen LogP contribution in [-0.4, -0.2) is 73.9 Å². The third kappa shape index (κ3) is 5.32. The van der Waals surface area contributed by atoms with Gasteiger partial charge in [0.2, 0.25) is 10.0 Å². The van der Waals surface area contributed by atoms with E-state index in [1.54, 1.807) is 28.8 Å². The number of ether oxygens (including phenoxy) is 2. The Bertz CT molecular complexity index is 1380. The van der Waals surface area contributed by atoms with Gasteiger partial charge in [-0.1, -0.05) is 6.07 Å². The number of carboxylic acids is 1. The van der Waals surface area contributed by atoms with Gasteiger partial charge in [0.05, 0.1) is 29.7 Å². The molecular weight excluding hydrogens is 494 g/mol. The number of fused-ring (bicyclic) bond motifs is 1. The van der Waals surface area contributed by atoms with Crippen molar-refractivity contribution in [1.29, 1.82) is 0 Å². The summed E-state index contributed by atoms with van der Waals surface area (Å²) in [4.78, 5) is 14.1. The van der Waals surface area contributed by atoms with Gasteiger partial charge in [-0.3, -0.25) is 4.79 Å². The molecule has 0 aliphatic carbocycles. The summed E-state index contributed by atoms with van der Waals surface area (Å²) in [5.41, 5.74) is 2.87. The SMILES string of the molecule is CC(C)Oc1ccc(S(=O)(=O)N2CCC(c3cn(CC(=O)O)c4cc(N5CCOCC5)ccc34)C2)cc1. The maximum Gasteiger partial charge on any atom is 0.323 e. The van der Waals surface area contributed by atoms with Crippen LogP contribution in [-0.2, 0) is 26.1 Å². The molecule has 10 heteroatoms. The van der Waals surface area contributed by atoms with Crippen LogP contribution in [0.25, 0.3) is 10.9 Å². The van der Waals surface area contributed by atoms with Gasteiger partial charge in [-0.05, 0) is 62.2 Å². The minimum absolute atomic E-state index is 0.00926. The van der Waals surface area contributed by atoms with Crippen LogP contribution in [0.2, 0.25) is 0 Å². The molecule has 0 bridgehead atoms. The molecule has 2 saturated heterocycles. The van der Waals surface area contributed by atoms with Crippen LogP contribution in [0.3, 0.4) is 0 Å². The molecule has 37 heavy (non-hydrogen) atoms. The lowest BCUT2D eigenvalue weighted by atomic mass is 9.98. The number of sulfonamides is 1. The zero-order chi connectivity index (χ0) is 26.2. The fourth-order valence-electron chi connectivity index (χ4n) is 5.24. The van der Waals surface area contributed by atoms with Gasteiger partial charge >= 0.3 is 5.97 Å². The zero-order valence-electron chi connectivity index (χ0n) is 21.2. The number of hydrogen-bond acceptors (Lipinski definition) is 6. The number of carboxylic acid groups (broad SMARTS) is 1. The normalized spacial score (nSPS) is 19.1. The Morgan fingerprint density at radius 1 is 1.11 bits per heavy atom. The summed E-state index contributed by atoms with van der Waals surface area (Å²) in [7, 11) is -3.65. The minimum Gasteiger partial charge on any atom is -0.491 e. The molecule has 9 nitrogen and oxygen atoms in total. The molecule has 3 heterocycles. The fourth-order valence-corrected chi connectivity index (χ4v) is 6.74. The predicted octanol–water partition coefficient (Wildman–Crippen LogP) is 3.53. The van der Waals surface area contributed by atoms with Crippen molar-refractivity contribution in [2.75, 3.05) is 44.3 Å². The second kappa shape index (κ2) is 10.4. The van der Waals surface area contributed by atoms with Gasteiger partial charge in [-0.15, -0.1) is 0 Å². The highest BCUT2D eigenvalue weighted by molar-refractivity contribution is 7.89. The highest BCUT2D eigenvalue weighted by atomic mass is 32.2. The molecule has 2 aliphatic rings. The number of morpholine rings is 1. The molecule has 2 aromatic carbocycles. The Labute approximate surface area is 217 Å². The van der Waals surface area contributed by atoms with Crippen molar-refractivity contribution in [2.24, 2.45) is 0 Å². The van der Waals surface area contributed by atoms with Crippen LogP contribution in [0.4, 0.5) is 5.69 Å². The monoisotopic (exact) mass is 527 g/mol. The van der Waals surface area contributed by atoms with Crippen LogP contribution in [0, 0.1) is 0 Å². The molecule has 2 aliphatic heterocycles. The lowest BCUT2D eigenvalue weighted by Gasteiger charge is -2.29. The molecule has 2 fully saturated rings. The number of aliphatic carboxylic acids is 1. The van der Waals surface area contributed by atoms with E-state index < -0.39 is 16.0 Å². The summed E-state index contributed by atoms with van der Waals surface area (Å²) >= 11 is 0. The van der Waals surface area contributed by atoms with E-state index in [4.69, 9.17) is 9.47 Å². The number of rotatable bonds is 8. The van der Waals surface area contributed by atoms with Gasteiger partial charge in [-0.2, -0.15) is 4.31 Å². The Hall–Kier alpha value is -3.08. The third-order valence-electron chi connectivity index (χ3n) is 7.00. The molecule has 1 N–H and O–H groups in total. The van der Waals surface area contributed by atoms with E-state index >= 15 is 0 Å². The largest absolute Gasteiger partial charge is 0.491 e. The number of carbonyl (C=O) groups is 1. The quantitative estimate of drug-likeness (QED) is 0.478. The molecule has 0 spiro atoms. The van der Waals surface area contributed by atoms with Crippen LogP contribution < -0.4 is 9.64 Å². The maximum atomic E-state index is 13.4. The summed E-state index contributed by atoms with van der Waals surface area (Å²) in [6, 6.07) is 12.7. The fraction of sp³-hybridized carbons (Fsp3) is 0.444. The van der Waals surface area contributed by atoms with E-state index in [-0.39, 0.29) is 23.5 Å². The molecule has 0 saturated carbocycles. The molecule has 198 valence electrons. The zero-order valence-corrected chi connectivity index (χ0v) is 22.0. The van der Waals surface area contributed by atoms with Crippen molar-refractivity contribution in [3.05, 3.63) is 54.2 Å². The van der Waals surface area contributed by atoms with Crippen molar-refractivity contribution < 1.29 is 27.8 Å². The first-order chi connectivity index (χ1) is 17.7. The topological polar surface area (TPSA) is 101 Å². The van der Waals surface area contributed by atoms with Gasteiger partial charge in [0.15, 0.2) is 0 Å². The Kier molecular flexibility index (Phi) is 7.15. The molecular formula is C27H33N3O6S. The van der Waals surface area contributed by atoms with E-state index in [0.29, 0.717) is 38.5 Å². The van der Waals surface area contributed by atoms with Crippen molar-refractivity contribution >= 4 is 32.6 Å². The van der Waals surface area contributed by atoms with Gasteiger partial charge in [-0.25, -0.2) is 8.42 Å². The Balaban J connectivity index is 1.40. The second-order valence-corrected chi connectivity index (χ2v) is 11.8. The average Bonchev–Trinajstić information content (AvgIpc) is 3.50. The second-order valence-electron chi connectivity index (χ2n) is 9.89. The smallest absolute Gasteiger partial charge is 0.323 e. The Morgan fingerprint density at radius 2 is 1.84 bits per heavy atom. The molecule has 3 aromatic rings. The highest BCUT2D eigenvalue weighted by Gasteiger charge is 2.34. The predicted molar refractivity (Wildman–Crippen MR) is 141 cm³/mol. The van der Waals surface area contributed by atoms with E-state index in [1.165, 1.54) is 4.31 Å². The summed E-state index contributed by atoms with van der Waals surface area (Å²) in [5.74, 6) is -0.304. The Morgan fingerprint density at radius 3 is 2.51 bits per heavy atom. The highest BCUT2D eigenvalue weighted by Crippen LogP contribution is 2.37. The number of benzene rings is 2. The first kappa shape index (κ1) is 25.6. The van der Waals surface area contributed by atoms with Crippen LogP contribution in [0.15, 0.2) is 53.6 Å².